The number of rotatable bonds is 7. The van der Waals surface area contributed by atoms with Crippen molar-refractivity contribution in [1.29, 1.82) is 0 Å². The highest BCUT2D eigenvalue weighted by atomic mass is 35.5. The Morgan fingerprint density at radius 2 is 1.45 bits per heavy atom. The summed E-state index contributed by atoms with van der Waals surface area (Å²) in [6, 6.07) is 14.3. The number of para-hydroxylation sites is 2. The molecule has 1 aliphatic rings. The van der Waals surface area contributed by atoms with Crippen LogP contribution in [0.4, 0.5) is 0 Å². The molecule has 1 saturated heterocycles. The van der Waals surface area contributed by atoms with E-state index in [1.807, 2.05) is 18.2 Å². The molecule has 0 unspecified atom stereocenters. The number of likely N-dealkylation sites (tertiary alicyclic amines) is 1. The molecule has 1 aromatic heterocycles. The van der Waals surface area contributed by atoms with Crippen molar-refractivity contribution in [3.05, 3.63) is 79.8 Å². The summed E-state index contributed by atoms with van der Waals surface area (Å²) in [5.41, 5.74) is 0.662. The normalized spacial score (nSPS) is 14.8. The number of hydrogen-bond acceptors (Lipinski definition) is 4. The first-order chi connectivity index (χ1) is 16.0. The molecule has 2 aromatic carbocycles. The lowest BCUT2D eigenvalue weighted by Crippen LogP contribution is -2.44. The molecule has 0 bridgehead atoms. The number of benzene rings is 2. The number of halogens is 1. The summed E-state index contributed by atoms with van der Waals surface area (Å²) in [4.78, 5) is 40.9. The highest BCUT2D eigenvalue weighted by Gasteiger charge is 2.16. The molecule has 3 aromatic rings. The summed E-state index contributed by atoms with van der Waals surface area (Å²) in [7, 11) is 0. The van der Waals surface area contributed by atoms with Crippen LogP contribution in [0.25, 0.3) is 11.0 Å². The third-order valence-corrected chi connectivity index (χ3v) is 6.39. The summed E-state index contributed by atoms with van der Waals surface area (Å²) in [6.45, 7) is 3.51. The van der Waals surface area contributed by atoms with Gasteiger partial charge in [0.05, 0.1) is 17.6 Å². The molecule has 0 saturated carbocycles. The van der Waals surface area contributed by atoms with E-state index in [1.54, 1.807) is 30.3 Å². The summed E-state index contributed by atoms with van der Waals surface area (Å²) in [6.07, 6.45) is 4.92. The molecule has 2 heterocycles. The van der Waals surface area contributed by atoms with Crippen molar-refractivity contribution in [1.82, 2.24) is 19.4 Å². The van der Waals surface area contributed by atoms with Crippen LogP contribution in [-0.4, -0.2) is 46.1 Å². The zero-order chi connectivity index (χ0) is 23.2. The fraction of sp³-hybridized carbons (Fsp3) is 0.400. The number of fused-ring (bicyclic) bond motifs is 1. The fourth-order valence-electron chi connectivity index (χ4n) is 4.37. The average Bonchev–Trinajstić information content (AvgIpc) is 3.10. The maximum atomic E-state index is 13.0. The number of amides is 1. The van der Waals surface area contributed by atoms with Crippen LogP contribution in [-0.2, 0) is 17.9 Å². The number of hydrogen-bond donors (Lipinski definition) is 1. The smallest absolute Gasteiger partial charge is 0.317 e. The van der Waals surface area contributed by atoms with Gasteiger partial charge in [-0.2, -0.15) is 0 Å². The first-order valence-electron chi connectivity index (χ1n) is 11.5. The van der Waals surface area contributed by atoms with Gasteiger partial charge in [-0.05, 0) is 55.8 Å². The summed E-state index contributed by atoms with van der Waals surface area (Å²) < 4.78 is 2.73. The van der Waals surface area contributed by atoms with E-state index in [1.165, 1.54) is 34.8 Å². The van der Waals surface area contributed by atoms with Crippen LogP contribution in [0.2, 0.25) is 5.02 Å². The quantitative estimate of drug-likeness (QED) is 0.541. The van der Waals surface area contributed by atoms with E-state index in [-0.39, 0.29) is 19.0 Å². The van der Waals surface area contributed by atoms with Crippen molar-refractivity contribution in [3.8, 4) is 0 Å². The third-order valence-electron chi connectivity index (χ3n) is 6.14. The van der Waals surface area contributed by atoms with Crippen LogP contribution in [0.5, 0.6) is 0 Å². The first kappa shape index (κ1) is 23.3. The molecule has 0 radical (unpaired) electrons. The molecule has 1 fully saturated rings. The van der Waals surface area contributed by atoms with Gasteiger partial charge in [-0.3, -0.25) is 23.5 Å². The Morgan fingerprint density at radius 1 is 0.848 bits per heavy atom. The van der Waals surface area contributed by atoms with Crippen molar-refractivity contribution in [2.75, 3.05) is 26.2 Å². The molecule has 174 valence electrons. The standard InChI is InChI=1S/C25H29ClN4O3/c26-20-11-9-19(10-12-20)17-29-21-7-3-4-8-22(21)30(25(33)24(29)32)18-23(31)27-13-16-28-14-5-1-2-6-15-28/h3-4,7-12H,1-2,5-6,13-18H2,(H,27,31). The van der Waals surface area contributed by atoms with Crippen molar-refractivity contribution in [2.45, 2.75) is 38.8 Å². The van der Waals surface area contributed by atoms with Gasteiger partial charge in [0.15, 0.2) is 0 Å². The van der Waals surface area contributed by atoms with E-state index >= 15 is 0 Å². The van der Waals surface area contributed by atoms with Gasteiger partial charge in [0.25, 0.3) is 0 Å². The summed E-state index contributed by atoms with van der Waals surface area (Å²) in [5, 5.41) is 3.51. The van der Waals surface area contributed by atoms with Gasteiger partial charge in [-0.1, -0.05) is 48.7 Å². The van der Waals surface area contributed by atoms with Crippen molar-refractivity contribution >= 4 is 28.5 Å². The molecule has 0 atom stereocenters. The number of nitrogens with one attached hydrogen (secondary N) is 1. The third kappa shape index (κ3) is 5.72. The second-order valence-corrected chi connectivity index (χ2v) is 8.94. The summed E-state index contributed by atoms with van der Waals surface area (Å²) >= 11 is 5.96. The zero-order valence-electron chi connectivity index (χ0n) is 18.6. The SMILES string of the molecule is O=C(Cn1c(=O)c(=O)n(Cc2ccc(Cl)cc2)c2ccccc21)NCCN1CCCCCC1. The van der Waals surface area contributed by atoms with Gasteiger partial charge in [0.2, 0.25) is 5.91 Å². The van der Waals surface area contributed by atoms with Gasteiger partial charge in [0, 0.05) is 18.1 Å². The topological polar surface area (TPSA) is 76.3 Å². The Labute approximate surface area is 197 Å². The van der Waals surface area contributed by atoms with E-state index in [4.69, 9.17) is 11.6 Å². The molecule has 1 amide bonds. The van der Waals surface area contributed by atoms with E-state index in [9.17, 15) is 14.4 Å². The average molecular weight is 469 g/mol. The van der Waals surface area contributed by atoms with Gasteiger partial charge in [-0.15, -0.1) is 0 Å². The van der Waals surface area contributed by atoms with Gasteiger partial charge >= 0.3 is 11.1 Å². The minimum atomic E-state index is -0.703. The summed E-state index contributed by atoms with van der Waals surface area (Å²) in [5.74, 6) is -0.271. The van der Waals surface area contributed by atoms with E-state index < -0.39 is 11.1 Å². The molecule has 1 N–H and O–H groups in total. The Bertz CT molecular complexity index is 1230. The Balaban J connectivity index is 1.52. The minimum absolute atomic E-state index is 0.184. The van der Waals surface area contributed by atoms with Gasteiger partial charge in [-0.25, -0.2) is 0 Å². The van der Waals surface area contributed by atoms with Crippen molar-refractivity contribution < 1.29 is 4.79 Å². The minimum Gasteiger partial charge on any atom is -0.353 e. The predicted octanol–water partition coefficient (Wildman–Crippen LogP) is 2.86. The highest BCUT2D eigenvalue weighted by Crippen LogP contribution is 2.14. The first-order valence-corrected chi connectivity index (χ1v) is 11.9. The Morgan fingerprint density at radius 3 is 2.12 bits per heavy atom. The number of nitrogens with zero attached hydrogens (tertiary/aromatic N) is 3. The lowest BCUT2D eigenvalue weighted by atomic mass is 10.2. The van der Waals surface area contributed by atoms with E-state index in [0.29, 0.717) is 22.6 Å². The lowest BCUT2D eigenvalue weighted by molar-refractivity contribution is -0.121. The molecule has 8 heteroatoms. The maximum Gasteiger partial charge on any atom is 0.317 e. The van der Waals surface area contributed by atoms with Crippen LogP contribution < -0.4 is 16.4 Å². The van der Waals surface area contributed by atoms with Crippen LogP contribution in [0.3, 0.4) is 0 Å². The highest BCUT2D eigenvalue weighted by molar-refractivity contribution is 6.30. The van der Waals surface area contributed by atoms with Gasteiger partial charge < -0.3 is 10.2 Å². The fourth-order valence-corrected chi connectivity index (χ4v) is 4.50. The van der Waals surface area contributed by atoms with Crippen molar-refractivity contribution in [2.24, 2.45) is 0 Å². The Hall–Kier alpha value is -2.90. The Kier molecular flexibility index (Phi) is 7.62. The van der Waals surface area contributed by atoms with Crippen LogP contribution in [0, 0.1) is 0 Å². The lowest BCUT2D eigenvalue weighted by Gasteiger charge is -2.20. The van der Waals surface area contributed by atoms with Crippen LogP contribution >= 0.6 is 11.6 Å². The predicted molar refractivity (Wildman–Crippen MR) is 131 cm³/mol. The van der Waals surface area contributed by atoms with Gasteiger partial charge in [0.1, 0.15) is 6.54 Å². The molecule has 0 spiro atoms. The zero-order valence-corrected chi connectivity index (χ0v) is 19.4. The van der Waals surface area contributed by atoms with E-state index in [0.717, 1.165) is 25.2 Å². The monoisotopic (exact) mass is 468 g/mol. The number of aromatic nitrogens is 2. The van der Waals surface area contributed by atoms with Crippen LogP contribution in [0.1, 0.15) is 31.2 Å². The molecule has 33 heavy (non-hydrogen) atoms. The molecule has 4 rings (SSSR count). The molecular weight excluding hydrogens is 440 g/mol. The largest absolute Gasteiger partial charge is 0.353 e. The van der Waals surface area contributed by atoms with E-state index in [2.05, 4.69) is 10.2 Å². The van der Waals surface area contributed by atoms with Crippen molar-refractivity contribution in [3.63, 3.8) is 0 Å². The second kappa shape index (κ2) is 10.8. The van der Waals surface area contributed by atoms with Crippen LogP contribution in [0.15, 0.2) is 58.1 Å². The number of carbonyl (C=O) groups excluding carboxylic acids is 1. The maximum absolute atomic E-state index is 13.0. The molecule has 1 aliphatic heterocycles. The molecule has 0 aliphatic carbocycles. The second-order valence-electron chi connectivity index (χ2n) is 8.50. The molecule has 7 nitrogen and oxygen atoms in total. The number of carbonyl (C=O) groups is 1. The molecular formula is C25H29ClN4O3.